The van der Waals surface area contributed by atoms with Crippen molar-refractivity contribution in [2.24, 2.45) is 0 Å². The second-order valence-corrected chi connectivity index (χ2v) is 24.2. The van der Waals surface area contributed by atoms with Crippen molar-refractivity contribution in [3.63, 3.8) is 0 Å². The zero-order chi connectivity index (χ0) is 52.7. The number of phosphoric ester groups is 1. The van der Waals surface area contributed by atoms with E-state index in [2.05, 4.69) is 26.0 Å². The third-order valence-electron chi connectivity index (χ3n) is 14.3. The van der Waals surface area contributed by atoms with E-state index in [-0.39, 0.29) is 32.0 Å². The van der Waals surface area contributed by atoms with Gasteiger partial charge in [-0.05, 0) is 38.5 Å². The highest BCUT2D eigenvalue weighted by Crippen LogP contribution is 2.38. The fourth-order valence-corrected chi connectivity index (χ4v) is 10.1. The summed E-state index contributed by atoms with van der Waals surface area (Å²) >= 11 is 0. The van der Waals surface area contributed by atoms with Crippen molar-refractivity contribution < 1.29 is 42.1 Å². The standard InChI is InChI=1S/C62H122NO8P/c1-6-8-10-12-14-16-18-20-22-24-26-28-29-30-31-32-33-35-37-39-41-43-45-47-49-51-53-55-62(65)71-60(59-70-72(66,67)69-57-56-63(3,4)5)58-68-61(64)54-52-50-48-46-44-42-40-38-36-34-27-25-23-21-19-17-15-13-11-9-7-2/h24,26,60H,6-23,25,27-59H2,1-5H3/b26-24-. The highest BCUT2D eigenvalue weighted by molar-refractivity contribution is 7.45. The Kier molecular flexibility index (Phi) is 53.6. The molecule has 72 heavy (non-hydrogen) atoms. The molecule has 0 aliphatic heterocycles. The third kappa shape index (κ3) is 58.0. The predicted molar refractivity (Wildman–Crippen MR) is 305 cm³/mol. The maximum absolute atomic E-state index is 12.8. The number of carbonyl (C=O) groups is 2. The molecule has 0 spiro atoms. The lowest BCUT2D eigenvalue weighted by Crippen LogP contribution is -2.37. The molecule has 0 saturated carbocycles. The minimum absolute atomic E-state index is 0.0264. The Hall–Kier alpha value is -1.25. The van der Waals surface area contributed by atoms with Crippen molar-refractivity contribution in [1.29, 1.82) is 0 Å². The fourth-order valence-electron chi connectivity index (χ4n) is 9.42. The molecule has 0 radical (unpaired) electrons. The van der Waals surface area contributed by atoms with Crippen molar-refractivity contribution in [2.45, 2.75) is 328 Å². The van der Waals surface area contributed by atoms with Crippen molar-refractivity contribution in [3.05, 3.63) is 12.2 Å². The third-order valence-corrected chi connectivity index (χ3v) is 15.2. The Morgan fingerprint density at radius 2 is 0.708 bits per heavy atom. The Balaban J connectivity index is 4.06. The lowest BCUT2D eigenvalue weighted by atomic mass is 10.0. The van der Waals surface area contributed by atoms with Crippen LogP contribution in [0.15, 0.2) is 12.2 Å². The maximum atomic E-state index is 12.8. The van der Waals surface area contributed by atoms with E-state index in [1.54, 1.807) is 0 Å². The van der Waals surface area contributed by atoms with E-state index in [4.69, 9.17) is 18.5 Å². The number of likely N-dealkylation sites (N-methyl/N-ethyl adjacent to an activating group) is 1. The first-order valence-electron chi connectivity index (χ1n) is 31.4. The van der Waals surface area contributed by atoms with Crippen LogP contribution in [-0.4, -0.2) is 70.0 Å². The van der Waals surface area contributed by atoms with Gasteiger partial charge in [0.25, 0.3) is 7.82 Å². The lowest BCUT2D eigenvalue weighted by Gasteiger charge is -2.28. The summed E-state index contributed by atoms with van der Waals surface area (Å²) in [6, 6.07) is 0. The number of rotatable bonds is 59. The predicted octanol–water partition coefficient (Wildman–Crippen LogP) is 19.0. The summed E-state index contributed by atoms with van der Waals surface area (Å²) in [6.45, 7) is 4.31. The number of carbonyl (C=O) groups excluding carboxylic acids is 2. The molecule has 0 aromatic rings. The molecule has 0 saturated heterocycles. The number of phosphoric acid groups is 1. The molecule has 0 aromatic heterocycles. The van der Waals surface area contributed by atoms with Crippen LogP contribution in [0.3, 0.4) is 0 Å². The molecule has 0 rings (SSSR count). The molecular weight excluding hydrogens is 918 g/mol. The van der Waals surface area contributed by atoms with E-state index in [1.165, 1.54) is 257 Å². The summed E-state index contributed by atoms with van der Waals surface area (Å²) in [7, 11) is 1.19. The van der Waals surface area contributed by atoms with Crippen LogP contribution in [0, 0.1) is 0 Å². The van der Waals surface area contributed by atoms with Crippen LogP contribution in [0.2, 0.25) is 0 Å². The van der Waals surface area contributed by atoms with Gasteiger partial charge in [0, 0.05) is 12.8 Å². The number of allylic oxidation sites excluding steroid dienone is 2. The quantitative estimate of drug-likeness (QED) is 0.0195. The first-order valence-corrected chi connectivity index (χ1v) is 32.9. The van der Waals surface area contributed by atoms with Gasteiger partial charge in [-0.3, -0.25) is 14.2 Å². The van der Waals surface area contributed by atoms with Crippen LogP contribution >= 0.6 is 7.82 Å². The highest BCUT2D eigenvalue weighted by atomic mass is 31.2. The van der Waals surface area contributed by atoms with E-state index in [1.807, 2.05) is 21.1 Å². The van der Waals surface area contributed by atoms with E-state index < -0.39 is 26.5 Å². The number of nitrogens with zero attached hydrogens (tertiary/aromatic N) is 1. The van der Waals surface area contributed by atoms with Gasteiger partial charge in [0.15, 0.2) is 6.10 Å². The summed E-state index contributed by atoms with van der Waals surface area (Å²) in [4.78, 5) is 37.9. The Morgan fingerprint density at radius 3 is 1.03 bits per heavy atom. The van der Waals surface area contributed by atoms with Gasteiger partial charge in [-0.15, -0.1) is 0 Å². The molecule has 10 heteroatoms. The summed E-state index contributed by atoms with van der Waals surface area (Å²) in [6.07, 6.45) is 64.1. The molecule has 0 heterocycles. The van der Waals surface area contributed by atoms with Gasteiger partial charge < -0.3 is 27.9 Å². The molecule has 0 aliphatic carbocycles. The molecular formula is C62H122NO8P. The second kappa shape index (κ2) is 54.5. The van der Waals surface area contributed by atoms with Gasteiger partial charge in [-0.1, -0.05) is 283 Å². The molecule has 0 N–H and O–H groups in total. The number of hydrogen-bond donors (Lipinski definition) is 0. The number of ether oxygens (including phenoxy) is 2. The average Bonchev–Trinajstić information content (AvgIpc) is 3.34. The van der Waals surface area contributed by atoms with Gasteiger partial charge in [-0.25, -0.2) is 0 Å². The van der Waals surface area contributed by atoms with Crippen LogP contribution in [0.5, 0.6) is 0 Å². The summed E-state index contributed by atoms with van der Waals surface area (Å²) in [5.74, 6) is -0.811. The SMILES string of the molecule is CCCCCCCCCC/C=C\CCCCCCCCCCCCCCCCCC(=O)OC(COC(=O)CCCCCCCCCCCCCCCCCCCCCCC)COP(=O)([O-])OCC[N+](C)(C)C. The minimum Gasteiger partial charge on any atom is -0.756 e. The first kappa shape index (κ1) is 70.8. The molecule has 2 atom stereocenters. The zero-order valence-corrected chi connectivity index (χ0v) is 49.6. The van der Waals surface area contributed by atoms with Gasteiger partial charge in [0.2, 0.25) is 0 Å². The number of quaternary nitrogens is 1. The van der Waals surface area contributed by atoms with E-state index >= 15 is 0 Å². The van der Waals surface area contributed by atoms with Crippen molar-refractivity contribution >= 4 is 19.8 Å². The van der Waals surface area contributed by atoms with Crippen molar-refractivity contribution in [3.8, 4) is 0 Å². The van der Waals surface area contributed by atoms with Gasteiger partial charge in [-0.2, -0.15) is 0 Å². The molecule has 428 valence electrons. The van der Waals surface area contributed by atoms with Crippen LogP contribution < -0.4 is 4.89 Å². The average molecular weight is 1040 g/mol. The lowest BCUT2D eigenvalue weighted by molar-refractivity contribution is -0.870. The number of esters is 2. The van der Waals surface area contributed by atoms with E-state index in [0.29, 0.717) is 17.4 Å². The molecule has 0 bridgehead atoms. The van der Waals surface area contributed by atoms with Gasteiger partial charge >= 0.3 is 11.9 Å². The van der Waals surface area contributed by atoms with Crippen molar-refractivity contribution in [1.82, 2.24) is 0 Å². The molecule has 2 unspecified atom stereocenters. The minimum atomic E-state index is -4.63. The molecule has 9 nitrogen and oxygen atoms in total. The highest BCUT2D eigenvalue weighted by Gasteiger charge is 2.22. The maximum Gasteiger partial charge on any atom is 0.306 e. The van der Waals surface area contributed by atoms with Gasteiger partial charge in [0.05, 0.1) is 27.7 Å². The molecule has 0 fully saturated rings. The van der Waals surface area contributed by atoms with Gasteiger partial charge in [0.1, 0.15) is 19.8 Å². The molecule has 0 amide bonds. The summed E-state index contributed by atoms with van der Waals surface area (Å²) in [5.41, 5.74) is 0. The van der Waals surface area contributed by atoms with E-state index in [0.717, 1.165) is 32.1 Å². The Bertz CT molecular complexity index is 1220. The molecule has 0 aliphatic rings. The Labute approximate surface area is 447 Å². The molecule has 0 aromatic carbocycles. The summed E-state index contributed by atoms with van der Waals surface area (Å²) in [5, 5.41) is 0. The fraction of sp³-hybridized carbons (Fsp3) is 0.935. The smallest absolute Gasteiger partial charge is 0.306 e. The van der Waals surface area contributed by atoms with Crippen molar-refractivity contribution in [2.75, 3.05) is 47.5 Å². The van der Waals surface area contributed by atoms with Crippen LogP contribution in [0.25, 0.3) is 0 Å². The monoisotopic (exact) mass is 1040 g/mol. The largest absolute Gasteiger partial charge is 0.756 e. The van der Waals surface area contributed by atoms with Crippen LogP contribution in [-0.2, 0) is 32.7 Å². The van der Waals surface area contributed by atoms with E-state index in [9.17, 15) is 19.0 Å². The second-order valence-electron chi connectivity index (χ2n) is 22.8. The topological polar surface area (TPSA) is 111 Å². The summed E-state index contributed by atoms with van der Waals surface area (Å²) < 4.78 is 34.2. The zero-order valence-electron chi connectivity index (χ0n) is 48.7. The Morgan fingerprint density at radius 1 is 0.417 bits per heavy atom. The number of hydrogen-bond acceptors (Lipinski definition) is 8. The van der Waals surface area contributed by atoms with Crippen LogP contribution in [0.4, 0.5) is 0 Å². The number of unbranched alkanes of at least 4 members (excludes halogenated alkanes) is 43. The first-order chi connectivity index (χ1) is 35.0. The normalized spacial score (nSPS) is 13.2. The van der Waals surface area contributed by atoms with Crippen LogP contribution in [0.1, 0.15) is 322 Å².